The molecule has 2 atom stereocenters. The van der Waals surface area contributed by atoms with Gasteiger partial charge in [-0.1, -0.05) is 47.5 Å². The van der Waals surface area contributed by atoms with E-state index < -0.39 is 33.2 Å². The Balaban J connectivity index is 1.75. The first-order chi connectivity index (χ1) is 18.7. The number of nitrogens with zero attached hydrogens (tertiary/aromatic N) is 1. The minimum atomic E-state index is -3.77. The second kappa shape index (κ2) is 12.4. The molecule has 8 nitrogen and oxygen atoms in total. The molecule has 1 heterocycles. The summed E-state index contributed by atoms with van der Waals surface area (Å²) in [7, 11) is -2.56. The highest BCUT2D eigenvalue weighted by molar-refractivity contribution is 7.91. The average Bonchev–Trinajstić information content (AvgIpc) is 3.33. The van der Waals surface area contributed by atoms with Gasteiger partial charge in [0.25, 0.3) is 0 Å². The minimum Gasteiger partial charge on any atom is -0.494 e. The monoisotopic (exact) mass is 591 g/mol. The number of sulfone groups is 1. The van der Waals surface area contributed by atoms with Crippen LogP contribution in [0.4, 0.5) is 0 Å². The van der Waals surface area contributed by atoms with Gasteiger partial charge < -0.3 is 19.3 Å². The number of rotatable bonds is 11. The first kappa shape index (κ1) is 28.9. The number of aliphatic hydroxyl groups excluding tert-OH is 1. The van der Waals surface area contributed by atoms with Gasteiger partial charge >= 0.3 is 5.97 Å². The third kappa shape index (κ3) is 6.38. The van der Waals surface area contributed by atoms with Crippen molar-refractivity contribution in [2.45, 2.75) is 29.4 Å². The Kier molecular flexibility index (Phi) is 9.17. The zero-order valence-electron chi connectivity index (χ0n) is 21.0. The van der Waals surface area contributed by atoms with Gasteiger partial charge in [-0.3, -0.25) is 0 Å². The summed E-state index contributed by atoms with van der Waals surface area (Å²) in [6, 6.07) is 19.6. The van der Waals surface area contributed by atoms with E-state index in [1.54, 1.807) is 54.6 Å². The van der Waals surface area contributed by atoms with Crippen LogP contribution in [0.5, 0.6) is 5.75 Å². The van der Waals surface area contributed by atoms with Gasteiger partial charge in [-0.05, 0) is 48.5 Å². The highest BCUT2D eigenvalue weighted by Crippen LogP contribution is 2.46. The molecule has 0 bridgehead atoms. The number of ether oxygens (including phenoxy) is 3. The molecule has 3 aromatic rings. The van der Waals surface area contributed by atoms with Crippen LogP contribution in [0.1, 0.15) is 30.1 Å². The van der Waals surface area contributed by atoms with Gasteiger partial charge in [0.05, 0.1) is 24.4 Å². The number of methoxy groups -OCH3 is 1. The zero-order chi connectivity index (χ0) is 28.0. The average molecular weight is 592 g/mol. The lowest BCUT2D eigenvalue weighted by molar-refractivity contribution is -0.150. The fourth-order valence-corrected chi connectivity index (χ4v) is 6.14. The number of aliphatic imine (C=N–C) groups is 1. The van der Waals surface area contributed by atoms with Crippen molar-refractivity contribution in [1.82, 2.24) is 0 Å². The highest BCUT2D eigenvalue weighted by Gasteiger charge is 2.55. The number of benzene rings is 3. The molecule has 0 unspecified atom stereocenters. The summed E-state index contributed by atoms with van der Waals surface area (Å²) >= 11 is 12.6. The van der Waals surface area contributed by atoms with Crippen LogP contribution in [0, 0.1) is 0 Å². The van der Waals surface area contributed by atoms with E-state index in [1.165, 1.54) is 25.3 Å². The second-order valence-corrected chi connectivity index (χ2v) is 11.8. The summed E-state index contributed by atoms with van der Waals surface area (Å²) < 4.78 is 43.4. The molecule has 206 valence electrons. The number of aliphatic hydroxyl groups is 1. The number of halogens is 2. The van der Waals surface area contributed by atoms with Gasteiger partial charge in [0.2, 0.25) is 11.4 Å². The molecule has 1 aliphatic rings. The highest BCUT2D eigenvalue weighted by atomic mass is 35.5. The molecule has 0 fully saturated rings. The molecule has 0 aromatic heterocycles. The molecule has 0 spiro atoms. The maximum Gasteiger partial charge on any atom is 0.338 e. The molecule has 3 aromatic carbocycles. The Morgan fingerprint density at radius 1 is 1.08 bits per heavy atom. The van der Waals surface area contributed by atoms with Crippen LogP contribution < -0.4 is 4.74 Å². The van der Waals surface area contributed by atoms with Crippen LogP contribution >= 0.6 is 23.2 Å². The first-order valence-corrected chi connectivity index (χ1v) is 14.5. The van der Waals surface area contributed by atoms with E-state index in [4.69, 9.17) is 42.5 Å². The van der Waals surface area contributed by atoms with Gasteiger partial charge in [-0.2, -0.15) is 0 Å². The van der Waals surface area contributed by atoms with Crippen molar-refractivity contribution in [2.24, 2.45) is 4.99 Å². The molecule has 0 saturated heterocycles. The summed E-state index contributed by atoms with van der Waals surface area (Å²) in [5, 5.41) is 9.57. The summed E-state index contributed by atoms with van der Waals surface area (Å²) in [5.41, 5.74) is -0.803. The normalized spacial score (nSPS) is 18.8. The van der Waals surface area contributed by atoms with Crippen LogP contribution in [0.3, 0.4) is 0 Å². The summed E-state index contributed by atoms with van der Waals surface area (Å²) in [6.45, 7) is 0.374. The Bertz CT molecular complexity index is 1450. The van der Waals surface area contributed by atoms with E-state index >= 15 is 0 Å². The van der Waals surface area contributed by atoms with Gasteiger partial charge in [-0.25, -0.2) is 18.2 Å². The lowest BCUT2D eigenvalue weighted by Crippen LogP contribution is -2.43. The van der Waals surface area contributed by atoms with Crippen molar-refractivity contribution in [3.63, 3.8) is 0 Å². The van der Waals surface area contributed by atoms with Crippen LogP contribution in [0.25, 0.3) is 0 Å². The maximum atomic E-state index is 13.4. The molecule has 39 heavy (non-hydrogen) atoms. The fraction of sp³-hybridized carbons (Fsp3) is 0.286. The van der Waals surface area contributed by atoms with Crippen molar-refractivity contribution in [3.05, 3.63) is 94.0 Å². The molecular formula is C28H27Cl2NO7S. The molecule has 4 rings (SSSR count). The minimum absolute atomic E-state index is 0.0208. The number of esters is 1. The zero-order valence-corrected chi connectivity index (χ0v) is 23.4. The molecule has 0 aliphatic carbocycles. The summed E-state index contributed by atoms with van der Waals surface area (Å²) in [5.74, 6) is -0.460. The topological polar surface area (TPSA) is 111 Å². The first-order valence-electron chi connectivity index (χ1n) is 12.1. The van der Waals surface area contributed by atoms with Crippen LogP contribution in [0.15, 0.2) is 82.7 Å². The van der Waals surface area contributed by atoms with Gasteiger partial charge in [0, 0.05) is 40.6 Å². The smallest absolute Gasteiger partial charge is 0.338 e. The number of hydrogen-bond acceptors (Lipinski definition) is 8. The largest absolute Gasteiger partial charge is 0.494 e. The lowest BCUT2D eigenvalue weighted by atomic mass is 9.86. The molecular weight excluding hydrogens is 565 g/mol. The van der Waals surface area contributed by atoms with E-state index in [-0.39, 0.29) is 28.8 Å². The van der Waals surface area contributed by atoms with Gasteiger partial charge in [0.15, 0.2) is 15.9 Å². The van der Waals surface area contributed by atoms with Crippen LogP contribution in [-0.2, 0) is 24.1 Å². The van der Waals surface area contributed by atoms with Crippen molar-refractivity contribution in [3.8, 4) is 5.75 Å². The van der Waals surface area contributed by atoms with Crippen molar-refractivity contribution < 1.29 is 32.5 Å². The number of carbonyl (C=O) groups is 1. The Hall–Kier alpha value is -3.11. The van der Waals surface area contributed by atoms with Crippen molar-refractivity contribution in [1.29, 1.82) is 0 Å². The van der Waals surface area contributed by atoms with E-state index in [0.29, 0.717) is 34.9 Å². The molecule has 11 heteroatoms. The molecule has 0 radical (unpaired) electrons. The predicted octanol–water partition coefficient (Wildman–Crippen LogP) is 5.05. The lowest BCUT2D eigenvalue weighted by Gasteiger charge is -2.29. The van der Waals surface area contributed by atoms with Crippen LogP contribution in [0.2, 0.25) is 10.0 Å². The molecule has 1 N–H and O–H groups in total. The fourth-order valence-electron chi connectivity index (χ4n) is 4.25. The summed E-state index contributed by atoms with van der Waals surface area (Å²) in [6.07, 6.45) is -0.822. The molecule has 0 amide bonds. The van der Waals surface area contributed by atoms with Crippen molar-refractivity contribution in [2.75, 3.05) is 26.1 Å². The van der Waals surface area contributed by atoms with E-state index in [0.717, 1.165) is 0 Å². The Morgan fingerprint density at radius 3 is 2.44 bits per heavy atom. The van der Waals surface area contributed by atoms with E-state index in [9.17, 15) is 13.2 Å². The number of hydrogen-bond donors (Lipinski definition) is 1. The SMILES string of the molecule is COC(=O)[C@]1(CCS(=O)(=O)c2ccccc2)N=C(c2ccc(OCCCO)cc2)O[C@@H]1c1ccc(Cl)cc1Cl. The number of carbonyl (C=O) groups excluding carboxylic acids is 1. The van der Waals surface area contributed by atoms with E-state index in [2.05, 4.69) is 4.99 Å². The summed E-state index contributed by atoms with van der Waals surface area (Å²) in [4.78, 5) is 18.2. The Morgan fingerprint density at radius 2 is 1.79 bits per heavy atom. The second-order valence-electron chi connectivity index (χ2n) is 8.83. The van der Waals surface area contributed by atoms with E-state index in [1.807, 2.05) is 0 Å². The Labute approximate surface area is 237 Å². The molecule has 0 saturated carbocycles. The van der Waals surface area contributed by atoms with Crippen LogP contribution in [-0.4, -0.2) is 57.0 Å². The third-order valence-corrected chi connectivity index (χ3v) is 8.57. The molecule has 1 aliphatic heterocycles. The standard InChI is InChI=1S/C28H27Cl2NO7S/c1-36-27(33)28(14-17-39(34,35)22-6-3-2-4-7-22)25(23-13-10-20(29)18-24(23)30)38-26(31-28)19-8-11-21(12-9-19)37-16-5-15-32/h2-4,6-13,18,25,32H,5,14-17H2,1H3/t25-,28-/m1/s1. The predicted molar refractivity (Wildman–Crippen MR) is 148 cm³/mol. The van der Waals surface area contributed by atoms with Crippen molar-refractivity contribution >= 4 is 44.9 Å². The maximum absolute atomic E-state index is 13.4. The van der Waals surface area contributed by atoms with Gasteiger partial charge in [0.1, 0.15) is 5.75 Å². The third-order valence-electron chi connectivity index (χ3n) is 6.27. The van der Waals surface area contributed by atoms with Gasteiger partial charge in [-0.15, -0.1) is 0 Å². The quantitative estimate of drug-likeness (QED) is 0.245.